The van der Waals surface area contributed by atoms with Crippen LogP contribution in [0.3, 0.4) is 0 Å². The minimum Gasteiger partial charge on any atom is -0.464 e. The molecule has 1 aliphatic carbocycles. The van der Waals surface area contributed by atoms with Crippen molar-refractivity contribution in [3.05, 3.63) is 47.8 Å². The Hall–Kier alpha value is -2.91. The molecule has 6 heteroatoms. The number of hydrogen-bond donors (Lipinski definition) is 0. The fourth-order valence-electron chi connectivity index (χ4n) is 5.90. The van der Waals surface area contributed by atoms with Gasteiger partial charge < -0.3 is 9.64 Å². The van der Waals surface area contributed by atoms with Crippen molar-refractivity contribution in [2.75, 3.05) is 26.7 Å². The predicted molar refractivity (Wildman–Crippen MR) is 139 cm³/mol. The second-order valence-electron chi connectivity index (χ2n) is 10.4. The Morgan fingerprint density at radius 3 is 2.46 bits per heavy atom. The van der Waals surface area contributed by atoms with Gasteiger partial charge in [-0.1, -0.05) is 50.7 Å². The summed E-state index contributed by atoms with van der Waals surface area (Å²) in [5.74, 6) is 0.943. The lowest BCUT2D eigenvalue weighted by atomic mass is 9.87. The molecule has 3 aromatic rings. The molecule has 1 unspecified atom stereocenters. The summed E-state index contributed by atoms with van der Waals surface area (Å²) < 4.78 is 8.47. The summed E-state index contributed by atoms with van der Waals surface area (Å²) in [6.45, 7) is 2.90. The molecule has 1 aromatic carbocycles. The highest BCUT2D eigenvalue weighted by Gasteiger charge is 2.26. The Bertz CT molecular complexity index is 1150. The lowest BCUT2D eigenvalue weighted by Crippen LogP contribution is -2.35. The van der Waals surface area contributed by atoms with Gasteiger partial charge in [-0.05, 0) is 57.3 Å². The van der Waals surface area contributed by atoms with E-state index < -0.39 is 0 Å². The van der Waals surface area contributed by atoms with E-state index in [0.717, 1.165) is 23.4 Å². The van der Waals surface area contributed by atoms with E-state index in [2.05, 4.69) is 22.4 Å². The number of nitrogens with zero attached hydrogens (tertiary/aromatic N) is 5. The highest BCUT2D eigenvalue weighted by molar-refractivity contribution is 5.72. The maximum absolute atomic E-state index is 9.31. The van der Waals surface area contributed by atoms with E-state index in [1.807, 2.05) is 36.7 Å². The molecule has 5 rings (SSSR count). The van der Waals surface area contributed by atoms with Gasteiger partial charge in [-0.2, -0.15) is 10.2 Å². The Morgan fingerprint density at radius 2 is 1.74 bits per heavy atom. The molecule has 184 valence electrons. The molecule has 0 radical (unpaired) electrons. The van der Waals surface area contributed by atoms with Crippen molar-refractivity contribution in [2.24, 2.45) is 5.92 Å². The van der Waals surface area contributed by atoms with Gasteiger partial charge >= 0.3 is 6.01 Å². The van der Waals surface area contributed by atoms with Crippen LogP contribution >= 0.6 is 0 Å². The standard InChI is InChI=1S/C29H37N5O/c1-33-17-8-9-23(20-33)21-35-29-32-27(25-14-12-22(19-30)13-15-25)26(28-31-16-18-34(28)29)24-10-6-4-2-3-5-7-11-24/h12-16,18,23-24H,2-11,17,20-21H2,1H3. The van der Waals surface area contributed by atoms with Gasteiger partial charge in [0.2, 0.25) is 0 Å². The number of aromatic nitrogens is 3. The highest BCUT2D eigenvalue weighted by atomic mass is 16.5. The van der Waals surface area contributed by atoms with Gasteiger partial charge in [0.25, 0.3) is 0 Å². The van der Waals surface area contributed by atoms with Gasteiger partial charge in [0, 0.05) is 36.0 Å². The SMILES string of the molecule is CN1CCCC(COc2nc(-c3ccc(C#N)cc3)c(C3CCCCCCCC3)c3nccn23)C1. The molecular formula is C29H37N5O. The highest BCUT2D eigenvalue weighted by Crippen LogP contribution is 2.39. The third-order valence-electron chi connectivity index (χ3n) is 7.77. The zero-order valence-electron chi connectivity index (χ0n) is 21.0. The summed E-state index contributed by atoms with van der Waals surface area (Å²) in [5.41, 5.74) is 4.88. The molecule has 2 aliphatic rings. The normalized spacial score (nSPS) is 20.6. The first-order valence-electron chi connectivity index (χ1n) is 13.4. The number of hydrogen-bond acceptors (Lipinski definition) is 5. The zero-order chi connectivity index (χ0) is 24.0. The molecule has 3 heterocycles. The second kappa shape index (κ2) is 11.2. The van der Waals surface area contributed by atoms with E-state index in [1.165, 1.54) is 76.3 Å². The summed E-state index contributed by atoms with van der Waals surface area (Å²) in [6, 6.07) is 10.7. The van der Waals surface area contributed by atoms with Gasteiger partial charge in [-0.15, -0.1) is 0 Å². The van der Waals surface area contributed by atoms with Crippen molar-refractivity contribution >= 4 is 5.65 Å². The van der Waals surface area contributed by atoms with E-state index in [4.69, 9.17) is 14.7 Å². The summed E-state index contributed by atoms with van der Waals surface area (Å²) in [5, 5.41) is 9.31. The Labute approximate surface area is 209 Å². The third kappa shape index (κ3) is 5.51. The van der Waals surface area contributed by atoms with E-state index in [1.54, 1.807) is 0 Å². The molecule has 0 bridgehead atoms. The molecule has 6 nitrogen and oxygen atoms in total. The van der Waals surface area contributed by atoms with E-state index in [-0.39, 0.29) is 0 Å². The van der Waals surface area contributed by atoms with Gasteiger partial charge in [0.15, 0.2) is 0 Å². The molecule has 1 atom stereocenters. The van der Waals surface area contributed by atoms with Gasteiger partial charge in [-0.25, -0.2) is 4.98 Å². The van der Waals surface area contributed by atoms with E-state index in [9.17, 15) is 5.26 Å². The van der Waals surface area contributed by atoms with Crippen LogP contribution in [0.2, 0.25) is 0 Å². The van der Waals surface area contributed by atoms with Crippen molar-refractivity contribution in [1.29, 1.82) is 5.26 Å². The molecule has 2 fully saturated rings. The van der Waals surface area contributed by atoms with Gasteiger partial charge in [-0.3, -0.25) is 4.40 Å². The van der Waals surface area contributed by atoms with Crippen LogP contribution < -0.4 is 4.74 Å². The fraction of sp³-hybridized carbons (Fsp3) is 0.552. The quantitative estimate of drug-likeness (QED) is 0.443. The minimum absolute atomic E-state index is 0.428. The number of rotatable bonds is 5. The van der Waals surface area contributed by atoms with Crippen molar-refractivity contribution in [3.8, 4) is 23.3 Å². The molecular weight excluding hydrogens is 434 g/mol. The summed E-state index contributed by atoms with van der Waals surface area (Å²) >= 11 is 0. The number of ether oxygens (including phenoxy) is 1. The van der Waals surface area contributed by atoms with Crippen LogP contribution in [0.4, 0.5) is 0 Å². The molecule has 1 saturated carbocycles. The lowest BCUT2D eigenvalue weighted by Gasteiger charge is -2.29. The summed E-state index contributed by atoms with van der Waals surface area (Å²) in [4.78, 5) is 12.4. The van der Waals surface area contributed by atoms with Crippen LogP contribution in [0.5, 0.6) is 6.01 Å². The van der Waals surface area contributed by atoms with Crippen LogP contribution in [-0.2, 0) is 0 Å². The first-order valence-corrected chi connectivity index (χ1v) is 13.4. The number of benzene rings is 1. The second-order valence-corrected chi connectivity index (χ2v) is 10.4. The molecule has 1 aliphatic heterocycles. The van der Waals surface area contributed by atoms with Crippen LogP contribution in [0, 0.1) is 17.2 Å². The number of imidazole rings is 1. The third-order valence-corrected chi connectivity index (χ3v) is 7.77. The van der Waals surface area contributed by atoms with Crippen molar-refractivity contribution in [3.63, 3.8) is 0 Å². The number of fused-ring (bicyclic) bond motifs is 1. The lowest BCUT2D eigenvalue weighted by molar-refractivity contribution is 0.143. The van der Waals surface area contributed by atoms with Gasteiger partial charge in [0.05, 0.1) is 23.9 Å². The fourth-order valence-corrected chi connectivity index (χ4v) is 5.90. The molecule has 0 amide bonds. The Balaban J connectivity index is 1.55. The largest absolute Gasteiger partial charge is 0.464 e. The predicted octanol–water partition coefficient (Wildman–Crippen LogP) is 6.21. The molecule has 0 N–H and O–H groups in total. The number of nitriles is 1. The van der Waals surface area contributed by atoms with Crippen LogP contribution in [0.1, 0.15) is 81.3 Å². The first-order chi connectivity index (χ1) is 17.2. The topological polar surface area (TPSA) is 66.5 Å². The smallest absolute Gasteiger partial charge is 0.302 e. The zero-order valence-corrected chi connectivity index (χ0v) is 21.0. The Kier molecular flexibility index (Phi) is 7.63. The van der Waals surface area contributed by atoms with Crippen LogP contribution in [0.25, 0.3) is 16.9 Å². The maximum atomic E-state index is 9.31. The van der Waals surface area contributed by atoms with Crippen molar-refractivity contribution < 1.29 is 4.74 Å². The van der Waals surface area contributed by atoms with Gasteiger partial charge in [0.1, 0.15) is 5.65 Å². The number of likely N-dealkylation sites (tertiary alicyclic amines) is 1. The van der Waals surface area contributed by atoms with Crippen LogP contribution in [-0.4, -0.2) is 46.0 Å². The average molecular weight is 472 g/mol. The molecule has 0 spiro atoms. The molecule has 2 aromatic heterocycles. The molecule has 1 saturated heterocycles. The first kappa shape index (κ1) is 23.8. The van der Waals surface area contributed by atoms with Crippen LogP contribution in [0.15, 0.2) is 36.7 Å². The summed E-state index contributed by atoms with van der Waals surface area (Å²) in [7, 11) is 2.19. The van der Waals surface area contributed by atoms with E-state index >= 15 is 0 Å². The summed E-state index contributed by atoms with van der Waals surface area (Å²) in [6.07, 6.45) is 16.4. The average Bonchev–Trinajstić information content (AvgIpc) is 3.41. The monoisotopic (exact) mass is 471 g/mol. The minimum atomic E-state index is 0.428. The van der Waals surface area contributed by atoms with E-state index in [0.29, 0.717) is 30.0 Å². The number of piperidine rings is 1. The molecule has 35 heavy (non-hydrogen) atoms. The maximum Gasteiger partial charge on any atom is 0.302 e. The van der Waals surface area contributed by atoms with Crippen molar-refractivity contribution in [2.45, 2.75) is 70.1 Å². The van der Waals surface area contributed by atoms with Crippen molar-refractivity contribution in [1.82, 2.24) is 19.3 Å². The Morgan fingerprint density at radius 1 is 1.00 bits per heavy atom.